The van der Waals surface area contributed by atoms with Gasteiger partial charge in [0.15, 0.2) is 5.78 Å². The van der Waals surface area contributed by atoms with Crippen molar-refractivity contribution in [3.8, 4) is 0 Å². The van der Waals surface area contributed by atoms with Crippen molar-refractivity contribution in [3.05, 3.63) is 119 Å². The molecule has 0 N–H and O–H groups in total. The van der Waals surface area contributed by atoms with E-state index < -0.39 is 0 Å². The van der Waals surface area contributed by atoms with Crippen LogP contribution in [-0.2, 0) is 0 Å². The van der Waals surface area contributed by atoms with Crippen molar-refractivity contribution in [2.24, 2.45) is 0 Å². The smallest absolute Gasteiger partial charge is 0.175 e. The summed E-state index contributed by atoms with van der Waals surface area (Å²) in [6.07, 6.45) is 2.19. The number of Topliss-reactive ketones (excluding diaryl/α,β-unsaturated/α-hetero) is 1. The molecule has 0 aliphatic heterocycles. The lowest BCUT2D eigenvalue weighted by molar-refractivity contribution is 0.0978. The molecular weight excluding hydrogens is 328 g/mol. The highest BCUT2D eigenvalue weighted by atomic mass is 16.1. The van der Waals surface area contributed by atoms with E-state index in [0.717, 1.165) is 38.6 Å². The number of ketones is 1. The van der Waals surface area contributed by atoms with E-state index >= 15 is 0 Å². The second-order valence-corrected chi connectivity index (χ2v) is 6.96. The second-order valence-electron chi connectivity index (χ2n) is 6.96. The van der Waals surface area contributed by atoms with Crippen LogP contribution in [-0.4, -0.2) is 5.78 Å². The first-order chi connectivity index (χ1) is 13.3. The van der Waals surface area contributed by atoms with Crippen molar-refractivity contribution in [3.63, 3.8) is 0 Å². The monoisotopic (exact) mass is 346 g/mol. The number of fused-ring (bicyclic) bond motifs is 2. The molecule has 1 unspecified atom stereocenters. The largest absolute Gasteiger partial charge is 0.293 e. The zero-order valence-corrected chi connectivity index (χ0v) is 14.8. The maximum absolute atomic E-state index is 13.6. The maximum atomic E-state index is 13.6. The van der Waals surface area contributed by atoms with E-state index in [9.17, 15) is 4.79 Å². The van der Waals surface area contributed by atoms with Crippen molar-refractivity contribution in [1.29, 1.82) is 0 Å². The molecule has 0 radical (unpaired) electrons. The standard InChI is InChI=1S/C26H18O/c27-26-24-16-21-14-8-7-13-20(21)15-22(24)17-23(18-9-3-1-4-10-18)25(26)19-11-5-2-6-12-19/h1-17,25H. The number of rotatable bonds is 2. The normalized spacial score (nSPS) is 16.1. The minimum absolute atomic E-state index is 0.170. The molecule has 5 rings (SSSR count). The second kappa shape index (κ2) is 6.37. The highest BCUT2D eigenvalue weighted by Gasteiger charge is 2.32. The van der Waals surface area contributed by atoms with Gasteiger partial charge in [-0.3, -0.25) is 4.79 Å². The van der Waals surface area contributed by atoms with E-state index in [1.807, 2.05) is 66.7 Å². The molecule has 27 heavy (non-hydrogen) atoms. The van der Waals surface area contributed by atoms with Crippen LogP contribution in [0.4, 0.5) is 0 Å². The quantitative estimate of drug-likeness (QED) is 0.413. The molecule has 0 saturated heterocycles. The summed E-state index contributed by atoms with van der Waals surface area (Å²) in [7, 11) is 0. The maximum Gasteiger partial charge on any atom is 0.175 e. The Hall–Kier alpha value is -3.45. The summed E-state index contributed by atoms with van der Waals surface area (Å²) >= 11 is 0. The minimum Gasteiger partial charge on any atom is -0.293 e. The van der Waals surface area contributed by atoms with Crippen LogP contribution in [0.2, 0.25) is 0 Å². The van der Waals surface area contributed by atoms with Crippen LogP contribution < -0.4 is 0 Å². The molecule has 0 saturated carbocycles. The fourth-order valence-electron chi connectivity index (χ4n) is 4.00. The number of allylic oxidation sites excluding steroid dienone is 1. The molecule has 128 valence electrons. The summed E-state index contributed by atoms with van der Waals surface area (Å²) in [6.45, 7) is 0. The summed E-state index contributed by atoms with van der Waals surface area (Å²) in [5, 5.41) is 2.26. The predicted octanol–water partition coefficient (Wildman–Crippen LogP) is 6.36. The Labute approximate surface area is 158 Å². The van der Waals surface area contributed by atoms with Crippen LogP contribution in [0.1, 0.15) is 33.0 Å². The number of carbonyl (C=O) groups is 1. The molecule has 0 amide bonds. The Bertz CT molecular complexity index is 1170. The van der Waals surface area contributed by atoms with Crippen LogP contribution in [0, 0.1) is 0 Å². The fourth-order valence-corrected chi connectivity index (χ4v) is 4.00. The van der Waals surface area contributed by atoms with Gasteiger partial charge in [-0.15, -0.1) is 0 Å². The third kappa shape index (κ3) is 2.69. The predicted molar refractivity (Wildman–Crippen MR) is 112 cm³/mol. The van der Waals surface area contributed by atoms with Crippen molar-refractivity contribution >= 4 is 28.2 Å². The zero-order chi connectivity index (χ0) is 18.2. The molecule has 0 bridgehead atoms. The van der Waals surface area contributed by atoms with E-state index in [1.165, 1.54) is 0 Å². The first-order valence-corrected chi connectivity index (χ1v) is 9.20. The molecule has 0 heterocycles. The molecule has 4 aromatic rings. The first-order valence-electron chi connectivity index (χ1n) is 9.20. The molecule has 0 fully saturated rings. The number of carbonyl (C=O) groups excluding carboxylic acids is 1. The number of hydrogen-bond donors (Lipinski definition) is 0. The van der Waals surface area contributed by atoms with Gasteiger partial charge in [0.25, 0.3) is 0 Å². The van der Waals surface area contributed by atoms with E-state index in [1.54, 1.807) is 0 Å². The van der Waals surface area contributed by atoms with Gasteiger partial charge in [-0.05, 0) is 51.2 Å². The molecule has 0 aromatic heterocycles. The van der Waals surface area contributed by atoms with Gasteiger partial charge in [0, 0.05) is 5.56 Å². The summed E-state index contributed by atoms with van der Waals surface area (Å²) in [5.41, 5.74) is 5.01. The number of benzene rings is 4. The average Bonchev–Trinajstić information content (AvgIpc) is 2.74. The average molecular weight is 346 g/mol. The van der Waals surface area contributed by atoms with Crippen LogP contribution >= 0.6 is 0 Å². The molecule has 1 aliphatic carbocycles. The third-order valence-electron chi connectivity index (χ3n) is 5.31. The van der Waals surface area contributed by atoms with Gasteiger partial charge in [-0.2, -0.15) is 0 Å². The Morgan fingerprint density at radius 2 is 1.22 bits per heavy atom. The zero-order valence-electron chi connectivity index (χ0n) is 14.8. The van der Waals surface area contributed by atoms with Gasteiger partial charge < -0.3 is 0 Å². The van der Waals surface area contributed by atoms with Crippen LogP contribution in [0.15, 0.2) is 97.1 Å². The molecule has 1 nitrogen and oxygen atoms in total. The van der Waals surface area contributed by atoms with E-state index in [2.05, 4.69) is 36.4 Å². The van der Waals surface area contributed by atoms with Crippen molar-refractivity contribution in [2.45, 2.75) is 5.92 Å². The lowest BCUT2D eigenvalue weighted by atomic mass is 9.75. The van der Waals surface area contributed by atoms with Crippen molar-refractivity contribution < 1.29 is 4.79 Å². The Morgan fingerprint density at radius 1 is 0.630 bits per heavy atom. The lowest BCUT2D eigenvalue weighted by Crippen LogP contribution is -2.19. The number of hydrogen-bond acceptors (Lipinski definition) is 1. The van der Waals surface area contributed by atoms with Crippen LogP contribution in [0.5, 0.6) is 0 Å². The summed E-state index contributed by atoms with van der Waals surface area (Å²) in [6, 6.07) is 32.7. The van der Waals surface area contributed by atoms with E-state index in [0.29, 0.717) is 0 Å². The topological polar surface area (TPSA) is 17.1 Å². The molecular formula is C26H18O. The molecule has 1 atom stereocenters. The minimum atomic E-state index is -0.276. The van der Waals surface area contributed by atoms with Gasteiger partial charge in [-0.25, -0.2) is 0 Å². The highest BCUT2D eigenvalue weighted by Crippen LogP contribution is 2.41. The molecule has 0 spiro atoms. The third-order valence-corrected chi connectivity index (χ3v) is 5.31. The van der Waals surface area contributed by atoms with E-state index in [4.69, 9.17) is 0 Å². The van der Waals surface area contributed by atoms with Crippen LogP contribution in [0.3, 0.4) is 0 Å². The Balaban J connectivity index is 1.78. The van der Waals surface area contributed by atoms with Gasteiger partial charge in [0.05, 0.1) is 5.92 Å². The fraction of sp³-hybridized carbons (Fsp3) is 0.0385. The van der Waals surface area contributed by atoms with E-state index in [-0.39, 0.29) is 11.7 Å². The summed E-state index contributed by atoms with van der Waals surface area (Å²) in [5.74, 6) is -0.106. The first kappa shape index (κ1) is 15.8. The molecule has 1 aliphatic rings. The van der Waals surface area contributed by atoms with Crippen molar-refractivity contribution in [2.75, 3.05) is 0 Å². The van der Waals surface area contributed by atoms with Gasteiger partial charge in [-0.1, -0.05) is 84.9 Å². The summed E-state index contributed by atoms with van der Waals surface area (Å²) in [4.78, 5) is 13.6. The van der Waals surface area contributed by atoms with Gasteiger partial charge in [0.1, 0.15) is 0 Å². The molecule has 4 aromatic carbocycles. The highest BCUT2D eigenvalue weighted by molar-refractivity contribution is 6.18. The van der Waals surface area contributed by atoms with Crippen LogP contribution in [0.25, 0.3) is 22.4 Å². The van der Waals surface area contributed by atoms with Crippen molar-refractivity contribution in [1.82, 2.24) is 0 Å². The Kier molecular flexibility index (Phi) is 3.72. The summed E-state index contributed by atoms with van der Waals surface area (Å²) < 4.78 is 0. The lowest BCUT2D eigenvalue weighted by Gasteiger charge is -2.26. The van der Waals surface area contributed by atoms with Gasteiger partial charge >= 0.3 is 0 Å². The molecule has 1 heteroatoms. The SMILES string of the molecule is O=C1c2cc3ccccc3cc2C=C(c2ccccc2)C1c1ccccc1. The Morgan fingerprint density at radius 3 is 1.93 bits per heavy atom. The van der Waals surface area contributed by atoms with Gasteiger partial charge in [0.2, 0.25) is 0 Å².